The molecule has 2 amide bonds. The molecule has 1 heterocycles. The second-order valence-corrected chi connectivity index (χ2v) is 7.37. The molecule has 2 fully saturated rings. The van der Waals surface area contributed by atoms with Crippen LogP contribution in [-0.2, 0) is 0 Å². The van der Waals surface area contributed by atoms with Crippen molar-refractivity contribution in [2.45, 2.75) is 56.9 Å². The first kappa shape index (κ1) is 17.8. The van der Waals surface area contributed by atoms with E-state index in [1.807, 2.05) is 6.07 Å². The molecule has 134 valence electrons. The van der Waals surface area contributed by atoms with Gasteiger partial charge in [0.1, 0.15) is 0 Å². The number of anilines is 1. The minimum absolute atomic E-state index is 0.0878. The smallest absolute Gasteiger partial charge is 0.319 e. The summed E-state index contributed by atoms with van der Waals surface area (Å²) in [6.45, 7) is 2.08. The highest BCUT2D eigenvalue weighted by Crippen LogP contribution is 2.37. The van der Waals surface area contributed by atoms with Gasteiger partial charge in [-0.1, -0.05) is 31.7 Å². The maximum absolute atomic E-state index is 12.7. The Morgan fingerprint density at radius 3 is 2.56 bits per heavy atom. The summed E-state index contributed by atoms with van der Waals surface area (Å²) in [4.78, 5) is 12.7. The van der Waals surface area contributed by atoms with E-state index in [9.17, 15) is 4.79 Å². The molecule has 5 nitrogen and oxygen atoms in total. The molecule has 2 aliphatic rings. The quantitative estimate of drug-likeness (QED) is 0.733. The Bertz CT molecular complexity index is 623. The highest BCUT2D eigenvalue weighted by atomic mass is 16.2. The number of benzene rings is 1. The Labute approximate surface area is 150 Å². The van der Waals surface area contributed by atoms with Crippen molar-refractivity contribution in [1.29, 1.82) is 5.26 Å². The van der Waals surface area contributed by atoms with Crippen LogP contribution in [0.5, 0.6) is 0 Å². The Balaban J connectivity index is 1.72. The highest BCUT2D eigenvalue weighted by Gasteiger charge is 2.40. The van der Waals surface area contributed by atoms with Gasteiger partial charge in [-0.3, -0.25) is 0 Å². The summed E-state index contributed by atoms with van der Waals surface area (Å²) in [6, 6.07) is 9.04. The van der Waals surface area contributed by atoms with Crippen LogP contribution in [0, 0.1) is 17.2 Å². The van der Waals surface area contributed by atoms with Crippen LogP contribution in [0.15, 0.2) is 24.3 Å². The van der Waals surface area contributed by atoms with Crippen molar-refractivity contribution in [1.82, 2.24) is 10.6 Å². The Kier molecular flexibility index (Phi) is 5.93. The van der Waals surface area contributed by atoms with Crippen molar-refractivity contribution in [2.75, 3.05) is 18.4 Å². The van der Waals surface area contributed by atoms with Gasteiger partial charge >= 0.3 is 6.03 Å². The molecule has 0 spiro atoms. The lowest BCUT2D eigenvalue weighted by Gasteiger charge is -2.43. The summed E-state index contributed by atoms with van der Waals surface area (Å²) in [5.41, 5.74) is 1.14. The lowest BCUT2D eigenvalue weighted by atomic mass is 9.73. The molecule has 0 radical (unpaired) electrons. The molecule has 0 atom stereocenters. The van der Waals surface area contributed by atoms with E-state index in [4.69, 9.17) is 5.26 Å². The second-order valence-electron chi connectivity index (χ2n) is 7.37. The average Bonchev–Trinajstić information content (AvgIpc) is 2.89. The molecule has 0 aromatic heterocycles. The Morgan fingerprint density at radius 1 is 1.16 bits per heavy atom. The summed E-state index contributed by atoms with van der Waals surface area (Å²) >= 11 is 0. The van der Waals surface area contributed by atoms with Crippen molar-refractivity contribution in [3.05, 3.63) is 29.8 Å². The van der Waals surface area contributed by atoms with Crippen molar-refractivity contribution in [3.8, 4) is 6.07 Å². The molecule has 1 aromatic rings. The standard InChI is InChI=1S/C20H28N4O/c21-15-16-6-5-7-18(14-16)23-19(25)24-20(10-3-1-2-4-11-20)17-8-12-22-13-9-17/h5-7,14,17,22H,1-4,8-13H2,(H2,23,24,25). The van der Waals surface area contributed by atoms with Crippen molar-refractivity contribution in [2.24, 2.45) is 5.92 Å². The number of carbonyl (C=O) groups is 1. The molecule has 1 saturated heterocycles. The van der Waals surface area contributed by atoms with Gasteiger partial charge in [0.05, 0.1) is 11.6 Å². The molecule has 5 heteroatoms. The van der Waals surface area contributed by atoms with Crippen LogP contribution in [-0.4, -0.2) is 24.7 Å². The van der Waals surface area contributed by atoms with Crippen LogP contribution in [0.25, 0.3) is 0 Å². The molecule has 1 aliphatic carbocycles. The van der Waals surface area contributed by atoms with Gasteiger partial charge in [0.15, 0.2) is 0 Å². The van der Waals surface area contributed by atoms with Crippen molar-refractivity contribution in [3.63, 3.8) is 0 Å². The predicted molar refractivity (Wildman–Crippen MR) is 99.3 cm³/mol. The van der Waals surface area contributed by atoms with E-state index in [0.717, 1.165) is 38.8 Å². The van der Waals surface area contributed by atoms with Gasteiger partial charge in [-0.15, -0.1) is 0 Å². The number of nitrogens with zero attached hydrogens (tertiary/aromatic N) is 1. The fourth-order valence-electron chi connectivity index (χ4n) is 4.42. The van der Waals surface area contributed by atoms with E-state index < -0.39 is 0 Å². The third-order valence-corrected chi connectivity index (χ3v) is 5.73. The second kappa shape index (κ2) is 8.35. The summed E-state index contributed by atoms with van der Waals surface area (Å²) < 4.78 is 0. The summed E-state index contributed by atoms with van der Waals surface area (Å²) in [6.07, 6.45) is 9.31. The third-order valence-electron chi connectivity index (χ3n) is 5.73. The molecule has 3 rings (SSSR count). The molecule has 1 aromatic carbocycles. The van der Waals surface area contributed by atoms with Crippen LogP contribution in [0.2, 0.25) is 0 Å². The number of carbonyl (C=O) groups excluding carboxylic acids is 1. The number of rotatable bonds is 3. The van der Waals surface area contributed by atoms with Gasteiger partial charge in [0.25, 0.3) is 0 Å². The maximum Gasteiger partial charge on any atom is 0.319 e. The lowest BCUT2D eigenvalue weighted by Crippen LogP contribution is -2.56. The number of hydrogen-bond acceptors (Lipinski definition) is 3. The van der Waals surface area contributed by atoms with Crippen LogP contribution in [0.4, 0.5) is 10.5 Å². The van der Waals surface area contributed by atoms with Gasteiger partial charge < -0.3 is 16.0 Å². The number of piperidine rings is 1. The van der Waals surface area contributed by atoms with E-state index in [-0.39, 0.29) is 11.6 Å². The monoisotopic (exact) mass is 340 g/mol. The summed E-state index contributed by atoms with van der Waals surface area (Å²) in [5.74, 6) is 0.544. The maximum atomic E-state index is 12.7. The lowest BCUT2D eigenvalue weighted by molar-refractivity contribution is 0.151. The van der Waals surface area contributed by atoms with Crippen LogP contribution < -0.4 is 16.0 Å². The fourth-order valence-corrected chi connectivity index (χ4v) is 4.42. The van der Waals surface area contributed by atoms with Crippen LogP contribution in [0.1, 0.15) is 56.9 Å². The van der Waals surface area contributed by atoms with Gasteiger partial charge in [0, 0.05) is 11.2 Å². The summed E-state index contributed by atoms with van der Waals surface area (Å²) in [5, 5.41) is 18.7. The minimum Gasteiger partial charge on any atom is -0.332 e. The molecular formula is C20H28N4O. The third kappa shape index (κ3) is 4.52. The van der Waals surface area contributed by atoms with E-state index in [2.05, 4.69) is 22.0 Å². The fraction of sp³-hybridized carbons (Fsp3) is 0.600. The van der Waals surface area contributed by atoms with E-state index in [1.54, 1.807) is 18.2 Å². The Morgan fingerprint density at radius 2 is 1.88 bits per heavy atom. The van der Waals surface area contributed by atoms with Gasteiger partial charge in [-0.05, 0) is 62.9 Å². The Hall–Kier alpha value is -2.06. The van der Waals surface area contributed by atoms with Gasteiger partial charge in [0.2, 0.25) is 0 Å². The van der Waals surface area contributed by atoms with E-state index in [0.29, 0.717) is 17.2 Å². The normalized spacial score (nSPS) is 20.9. The number of urea groups is 1. The first-order valence-corrected chi connectivity index (χ1v) is 9.52. The minimum atomic E-state index is -0.143. The topological polar surface area (TPSA) is 77.0 Å². The number of hydrogen-bond donors (Lipinski definition) is 3. The van der Waals surface area contributed by atoms with Crippen molar-refractivity contribution < 1.29 is 4.79 Å². The highest BCUT2D eigenvalue weighted by molar-refractivity contribution is 5.90. The molecule has 25 heavy (non-hydrogen) atoms. The van der Waals surface area contributed by atoms with E-state index in [1.165, 1.54) is 25.7 Å². The zero-order valence-electron chi connectivity index (χ0n) is 14.8. The van der Waals surface area contributed by atoms with Crippen LogP contribution >= 0.6 is 0 Å². The first-order chi connectivity index (χ1) is 12.2. The zero-order valence-corrected chi connectivity index (χ0v) is 14.8. The molecule has 1 saturated carbocycles. The number of nitriles is 1. The molecule has 1 aliphatic heterocycles. The number of nitrogens with one attached hydrogen (secondary N) is 3. The van der Waals surface area contributed by atoms with Gasteiger partial charge in [-0.25, -0.2) is 4.79 Å². The average molecular weight is 340 g/mol. The summed E-state index contributed by atoms with van der Waals surface area (Å²) in [7, 11) is 0. The first-order valence-electron chi connectivity index (χ1n) is 9.52. The van der Waals surface area contributed by atoms with E-state index >= 15 is 0 Å². The van der Waals surface area contributed by atoms with Crippen molar-refractivity contribution >= 4 is 11.7 Å². The van der Waals surface area contributed by atoms with Gasteiger partial charge in [-0.2, -0.15) is 5.26 Å². The molecule has 0 bridgehead atoms. The van der Waals surface area contributed by atoms with Crippen LogP contribution in [0.3, 0.4) is 0 Å². The largest absolute Gasteiger partial charge is 0.332 e. The zero-order chi connectivity index (χ0) is 17.5. The predicted octanol–water partition coefficient (Wildman–Crippen LogP) is 3.77. The number of amides is 2. The molecular weight excluding hydrogens is 312 g/mol. The molecule has 3 N–H and O–H groups in total. The SMILES string of the molecule is N#Cc1cccc(NC(=O)NC2(C3CCNCC3)CCCCCC2)c1. The molecule has 0 unspecified atom stereocenters.